The Morgan fingerprint density at radius 1 is 1.29 bits per heavy atom. The molecular weight excluding hydrogens is 274 g/mol. The first-order valence-corrected chi connectivity index (χ1v) is 8.38. The number of hydrogen-bond donors (Lipinski definition) is 1. The summed E-state index contributed by atoms with van der Waals surface area (Å²) in [7, 11) is 0. The molecule has 0 saturated carbocycles. The minimum Gasteiger partial charge on any atom is -0.385 e. The second-order valence-electron chi connectivity index (χ2n) is 5.69. The van der Waals surface area contributed by atoms with Crippen LogP contribution in [0.25, 0.3) is 5.57 Å². The van der Waals surface area contributed by atoms with E-state index in [4.69, 9.17) is 0 Å². The fraction of sp³-hybridized carbons (Fsp3) is 0.368. The predicted octanol–water partition coefficient (Wildman–Crippen LogP) is 5.66. The number of rotatable bonds is 8. The summed E-state index contributed by atoms with van der Waals surface area (Å²) >= 11 is 1.73. The molecule has 0 bridgehead atoms. The van der Waals surface area contributed by atoms with Crippen LogP contribution in [0.5, 0.6) is 0 Å². The third-order valence-corrected chi connectivity index (χ3v) is 4.11. The molecule has 21 heavy (non-hydrogen) atoms. The molecule has 0 aliphatic rings. The first kappa shape index (κ1) is 17.5. The van der Waals surface area contributed by atoms with Gasteiger partial charge in [-0.15, -0.1) is 0 Å². The van der Waals surface area contributed by atoms with Crippen molar-refractivity contribution in [1.82, 2.24) is 5.32 Å². The molecule has 0 amide bonds. The van der Waals surface area contributed by atoms with E-state index >= 15 is 0 Å². The molecule has 0 aliphatic carbocycles. The highest BCUT2D eigenvalue weighted by molar-refractivity contribution is 7.08. The van der Waals surface area contributed by atoms with Gasteiger partial charge in [0.25, 0.3) is 0 Å². The van der Waals surface area contributed by atoms with Crippen molar-refractivity contribution in [1.29, 1.82) is 0 Å². The lowest BCUT2D eigenvalue weighted by molar-refractivity contribution is 0.602. The summed E-state index contributed by atoms with van der Waals surface area (Å²) in [4.78, 5) is 0. The average Bonchev–Trinajstić information content (AvgIpc) is 2.97. The van der Waals surface area contributed by atoms with Gasteiger partial charge in [0.1, 0.15) is 0 Å². The van der Waals surface area contributed by atoms with Crippen molar-refractivity contribution in [3.63, 3.8) is 0 Å². The van der Waals surface area contributed by atoms with Gasteiger partial charge < -0.3 is 5.32 Å². The molecule has 1 aromatic rings. The number of thiophene rings is 1. The van der Waals surface area contributed by atoms with E-state index in [1.807, 2.05) is 6.08 Å². The second kappa shape index (κ2) is 8.68. The van der Waals surface area contributed by atoms with E-state index in [1.165, 1.54) is 11.1 Å². The Balaban J connectivity index is 2.64. The largest absolute Gasteiger partial charge is 0.385 e. The molecule has 1 unspecified atom stereocenters. The first-order chi connectivity index (χ1) is 9.95. The zero-order chi connectivity index (χ0) is 15.8. The van der Waals surface area contributed by atoms with Crippen LogP contribution < -0.4 is 5.32 Å². The predicted molar refractivity (Wildman–Crippen MR) is 97.4 cm³/mol. The third-order valence-electron chi connectivity index (χ3n) is 3.42. The highest BCUT2D eigenvalue weighted by atomic mass is 32.1. The van der Waals surface area contributed by atoms with Crippen molar-refractivity contribution in [2.45, 2.75) is 27.7 Å². The average molecular weight is 301 g/mol. The molecule has 2 heteroatoms. The lowest BCUT2D eigenvalue weighted by Crippen LogP contribution is -2.17. The minimum atomic E-state index is 0.304. The van der Waals surface area contributed by atoms with Crippen LogP contribution >= 0.6 is 11.3 Å². The van der Waals surface area contributed by atoms with E-state index in [0.717, 1.165) is 17.8 Å². The van der Waals surface area contributed by atoms with Gasteiger partial charge >= 0.3 is 0 Å². The van der Waals surface area contributed by atoms with Gasteiger partial charge in [0, 0.05) is 18.2 Å². The van der Waals surface area contributed by atoms with Gasteiger partial charge in [0.15, 0.2) is 0 Å². The van der Waals surface area contributed by atoms with Gasteiger partial charge in [-0.1, -0.05) is 46.1 Å². The molecule has 0 saturated heterocycles. The van der Waals surface area contributed by atoms with Crippen molar-refractivity contribution in [2.75, 3.05) is 6.54 Å². The normalized spacial score (nSPS) is 13.7. The quantitative estimate of drug-likeness (QED) is 0.611. The molecular formula is C19H27NS. The van der Waals surface area contributed by atoms with Crippen molar-refractivity contribution in [3.8, 4) is 0 Å². The molecule has 114 valence electrons. The lowest BCUT2D eigenvalue weighted by Gasteiger charge is -2.16. The highest BCUT2D eigenvalue weighted by Gasteiger charge is 2.12. The molecule has 1 N–H and O–H groups in total. The van der Waals surface area contributed by atoms with E-state index in [-0.39, 0.29) is 0 Å². The molecule has 0 spiro atoms. The van der Waals surface area contributed by atoms with Crippen LogP contribution in [0.1, 0.15) is 33.3 Å². The second-order valence-corrected chi connectivity index (χ2v) is 6.47. The summed E-state index contributed by atoms with van der Waals surface area (Å²) in [6, 6.07) is 2.16. The van der Waals surface area contributed by atoms with Gasteiger partial charge in [0.05, 0.1) is 0 Å². The fourth-order valence-electron chi connectivity index (χ4n) is 2.04. The molecule has 1 heterocycles. The van der Waals surface area contributed by atoms with E-state index in [1.54, 1.807) is 11.3 Å². The number of hydrogen-bond acceptors (Lipinski definition) is 2. The van der Waals surface area contributed by atoms with E-state index < -0.39 is 0 Å². The van der Waals surface area contributed by atoms with Crippen molar-refractivity contribution >= 4 is 16.9 Å². The van der Waals surface area contributed by atoms with Crippen molar-refractivity contribution < 1.29 is 0 Å². The summed E-state index contributed by atoms with van der Waals surface area (Å²) in [5.41, 5.74) is 4.66. The van der Waals surface area contributed by atoms with Gasteiger partial charge in [-0.05, 0) is 52.5 Å². The van der Waals surface area contributed by atoms with Crippen LogP contribution in [0.3, 0.4) is 0 Å². The standard InChI is InChI=1S/C19H27NS/c1-7-19(18-10-11-21-13-18)17(6)15(4)8-9-16(5)20-12-14(2)3/h7-11,13-14,17,20H,4-5,12H2,1-3,6H3/b9-8-,19-7+. The van der Waals surface area contributed by atoms with Gasteiger partial charge in [-0.25, -0.2) is 0 Å². The maximum atomic E-state index is 4.21. The molecule has 0 aliphatic heterocycles. The monoisotopic (exact) mass is 301 g/mol. The summed E-state index contributed by atoms with van der Waals surface area (Å²) in [6.45, 7) is 17.8. The lowest BCUT2D eigenvalue weighted by atomic mass is 9.89. The molecule has 1 rings (SSSR count). The minimum absolute atomic E-state index is 0.304. The number of allylic oxidation sites excluding steroid dienone is 5. The number of nitrogens with one attached hydrogen (secondary N) is 1. The summed E-state index contributed by atoms with van der Waals surface area (Å²) in [6.07, 6.45) is 6.26. The first-order valence-electron chi connectivity index (χ1n) is 7.44. The Hall–Kier alpha value is -1.54. The van der Waals surface area contributed by atoms with Crippen LogP contribution in [0, 0.1) is 11.8 Å². The van der Waals surface area contributed by atoms with Gasteiger partial charge in [-0.2, -0.15) is 11.3 Å². The summed E-state index contributed by atoms with van der Waals surface area (Å²) in [5.74, 6) is 0.921. The smallest absolute Gasteiger partial charge is 0.0267 e. The van der Waals surface area contributed by atoms with Crippen LogP contribution in [-0.2, 0) is 0 Å². The molecule has 1 atom stereocenters. The van der Waals surface area contributed by atoms with Crippen LogP contribution in [-0.4, -0.2) is 6.54 Å². The van der Waals surface area contributed by atoms with Crippen molar-refractivity contribution in [2.24, 2.45) is 11.8 Å². The highest BCUT2D eigenvalue weighted by Crippen LogP contribution is 2.30. The third kappa shape index (κ3) is 5.76. The summed E-state index contributed by atoms with van der Waals surface area (Å²) < 4.78 is 0. The van der Waals surface area contributed by atoms with E-state index in [0.29, 0.717) is 11.8 Å². The molecule has 1 aromatic heterocycles. The molecule has 0 radical (unpaired) electrons. The molecule has 0 aromatic carbocycles. The fourth-order valence-corrected chi connectivity index (χ4v) is 2.71. The van der Waals surface area contributed by atoms with E-state index in [2.05, 4.69) is 75.1 Å². The molecule has 1 nitrogen and oxygen atoms in total. The van der Waals surface area contributed by atoms with Crippen LogP contribution in [0.15, 0.2) is 59.5 Å². The topological polar surface area (TPSA) is 12.0 Å². The van der Waals surface area contributed by atoms with Crippen LogP contribution in [0.4, 0.5) is 0 Å². The zero-order valence-corrected chi connectivity index (χ0v) is 14.5. The van der Waals surface area contributed by atoms with E-state index in [9.17, 15) is 0 Å². The molecule has 0 fully saturated rings. The Labute approximate surface area is 133 Å². The SMILES string of the molecule is C=C(/C=C\C(=C)C(C)/C(=C\C)c1ccsc1)NCC(C)C. The van der Waals surface area contributed by atoms with Crippen LogP contribution in [0.2, 0.25) is 0 Å². The Bertz CT molecular complexity index is 518. The maximum Gasteiger partial charge on any atom is 0.0267 e. The maximum absolute atomic E-state index is 4.21. The summed E-state index contributed by atoms with van der Waals surface area (Å²) in [5, 5.41) is 7.61. The van der Waals surface area contributed by atoms with Crippen molar-refractivity contribution in [3.05, 3.63) is 65.0 Å². The Morgan fingerprint density at radius 3 is 2.52 bits per heavy atom. The Kier molecular flexibility index (Phi) is 7.24. The van der Waals surface area contributed by atoms with Gasteiger partial charge in [0.2, 0.25) is 0 Å². The zero-order valence-electron chi connectivity index (χ0n) is 13.6. The van der Waals surface area contributed by atoms with Gasteiger partial charge in [-0.3, -0.25) is 0 Å². The Morgan fingerprint density at radius 2 is 2.00 bits per heavy atom.